The van der Waals surface area contributed by atoms with Crippen LogP contribution < -0.4 is 10.1 Å². The Morgan fingerprint density at radius 3 is 2.54 bits per heavy atom. The Hall–Kier alpha value is -2.67. The number of hydrogen-bond acceptors (Lipinski definition) is 3. The number of carbonyl (C=O) groups excluding carboxylic acids is 1. The molecule has 0 saturated heterocycles. The lowest BCUT2D eigenvalue weighted by atomic mass is 10.3. The van der Waals surface area contributed by atoms with Crippen LogP contribution in [0.25, 0.3) is 5.69 Å². The number of benzene rings is 2. The van der Waals surface area contributed by atoms with Crippen LogP contribution in [0.5, 0.6) is 5.75 Å². The first-order chi connectivity index (χ1) is 12.6. The lowest BCUT2D eigenvalue weighted by Gasteiger charge is -2.06. The molecule has 1 heterocycles. The van der Waals surface area contributed by atoms with E-state index in [4.69, 9.17) is 4.74 Å². The van der Waals surface area contributed by atoms with Gasteiger partial charge in [0.05, 0.1) is 18.5 Å². The summed E-state index contributed by atoms with van der Waals surface area (Å²) in [5.41, 5.74) is 1.46. The second-order valence-corrected chi connectivity index (χ2v) is 6.49. The molecule has 1 aromatic heterocycles. The number of hydrogen-bond donors (Lipinski definition) is 1. The molecule has 0 unspecified atom stereocenters. The van der Waals surface area contributed by atoms with Crippen LogP contribution >= 0.6 is 15.9 Å². The van der Waals surface area contributed by atoms with Crippen molar-refractivity contribution in [2.75, 3.05) is 11.9 Å². The fourth-order valence-electron chi connectivity index (χ4n) is 2.28. The van der Waals surface area contributed by atoms with Gasteiger partial charge >= 0.3 is 0 Å². The minimum atomic E-state index is -0.376. The summed E-state index contributed by atoms with van der Waals surface area (Å²) in [6.45, 7) is 2.44. The van der Waals surface area contributed by atoms with Crippen molar-refractivity contribution in [3.63, 3.8) is 0 Å². The van der Waals surface area contributed by atoms with Crippen LogP contribution in [0.1, 0.15) is 23.8 Å². The fraction of sp³-hybridized carbons (Fsp3) is 0.158. The van der Waals surface area contributed by atoms with E-state index in [0.29, 0.717) is 23.7 Å². The van der Waals surface area contributed by atoms with Crippen LogP contribution in [-0.4, -0.2) is 22.3 Å². The van der Waals surface area contributed by atoms with E-state index in [-0.39, 0.29) is 17.4 Å². The monoisotopic (exact) mass is 417 g/mol. The highest BCUT2D eigenvalue weighted by atomic mass is 79.9. The quantitative estimate of drug-likeness (QED) is 0.625. The lowest BCUT2D eigenvalue weighted by molar-refractivity contribution is 0.101. The Labute approximate surface area is 158 Å². The highest BCUT2D eigenvalue weighted by Gasteiger charge is 2.19. The van der Waals surface area contributed by atoms with E-state index in [2.05, 4.69) is 26.3 Å². The van der Waals surface area contributed by atoms with Crippen molar-refractivity contribution < 1.29 is 13.9 Å². The summed E-state index contributed by atoms with van der Waals surface area (Å²) >= 11 is 3.36. The van der Waals surface area contributed by atoms with Gasteiger partial charge in [-0.15, -0.1) is 0 Å². The molecule has 134 valence electrons. The maximum atomic E-state index is 13.1. The number of rotatable bonds is 6. The Kier molecular flexibility index (Phi) is 5.68. The Bertz CT molecular complexity index is 892. The van der Waals surface area contributed by atoms with Crippen molar-refractivity contribution in [3.8, 4) is 11.4 Å². The van der Waals surface area contributed by atoms with Crippen molar-refractivity contribution >= 4 is 27.5 Å². The molecule has 3 rings (SSSR count). The zero-order valence-corrected chi connectivity index (χ0v) is 15.7. The van der Waals surface area contributed by atoms with Gasteiger partial charge in [-0.1, -0.05) is 22.9 Å². The maximum Gasteiger partial charge on any atom is 0.280 e. The highest BCUT2D eigenvalue weighted by Crippen LogP contribution is 2.22. The number of anilines is 1. The summed E-state index contributed by atoms with van der Waals surface area (Å²) in [4.78, 5) is 12.6. The van der Waals surface area contributed by atoms with Crippen molar-refractivity contribution in [1.29, 1.82) is 0 Å². The third kappa shape index (κ3) is 4.29. The predicted molar refractivity (Wildman–Crippen MR) is 101 cm³/mol. The molecule has 5 nitrogen and oxygen atoms in total. The van der Waals surface area contributed by atoms with E-state index in [1.54, 1.807) is 30.5 Å². The maximum absolute atomic E-state index is 13.1. The van der Waals surface area contributed by atoms with E-state index in [9.17, 15) is 9.18 Å². The van der Waals surface area contributed by atoms with Gasteiger partial charge in [0, 0.05) is 10.2 Å². The van der Waals surface area contributed by atoms with Gasteiger partial charge in [0.25, 0.3) is 5.91 Å². The smallest absolute Gasteiger partial charge is 0.280 e. The van der Waals surface area contributed by atoms with E-state index < -0.39 is 0 Å². The zero-order chi connectivity index (χ0) is 18.5. The lowest BCUT2D eigenvalue weighted by Crippen LogP contribution is -2.14. The number of carbonyl (C=O) groups is 1. The summed E-state index contributed by atoms with van der Waals surface area (Å²) in [5.74, 6) is -0.332. The van der Waals surface area contributed by atoms with Crippen molar-refractivity contribution in [2.45, 2.75) is 13.3 Å². The molecule has 0 aliphatic rings. The molecule has 1 N–H and O–H groups in total. The van der Waals surface area contributed by atoms with Crippen LogP contribution in [0.3, 0.4) is 0 Å². The topological polar surface area (TPSA) is 56.2 Å². The van der Waals surface area contributed by atoms with Gasteiger partial charge in [0.1, 0.15) is 5.82 Å². The van der Waals surface area contributed by atoms with Crippen LogP contribution in [-0.2, 0) is 0 Å². The minimum absolute atomic E-state index is 0.172. The first kappa shape index (κ1) is 18.1. The molecule has 3 aromatic rings. The number of halogens is 2. The summed E-state index contributed by atoms with van der Waals surface area (Å²) in [5, 5.41) is 7.13. The number of nitrogens with one attached hydrogen (secondary N) is 1. The molecule has 1 amide bonds. The van der Waals surface area contributed by atoms with Crippen LogP contribution in [0.15, 0.2) is 59.2 Å². The predicted octanol–water partition coefficient (Wildman–Crippen LogP) is 4.82. The minimum Gasteiger partial charge on any atom is -0.489 e. The number of aromatic nitrogens is 2. The van der Waals surface area contributed by atoms with Gasteiger partial charge in [-0.25, -0.2) is 9.07 Å². The van der Waals surface area contributed by atoms with Gasteiger partial charge in [-0.2, -0.15) is 5.10 Å². The fourth-order valence-corrected chi connectivity index (χ4v) is 2.55. The Morgan fingerprint density at radius 1 is 1.19 bits per heavy atom. The van der Waals surface area contributed by atoms with E-state index in [0.717, 1.165) is 10.9 Å². The summed E-state index contributed by atoms with van der Waals surface area (Å²) in [7, 11) is 0. The summed E-state index contributed by atoms with van der Waals surface area (Å²) in [6.07, 6.45) is 2.43. The van der Waals surface area contributed by atoms with E-state index in [1.807, 2.05) is 19.1 Å². The number of ether oxygens (including phenoxy) is 1. The van der Waals surface area contributed by atoms with E-state index in [1.165, 1.54) is 16.8 Å². The third-order valence-electron chi connectivity index (χ3n) is 3.55. The third-order valence-corrected chi connectivity index (χ3v) is 4.08. The number of nitrogens with zero attached hydrogens (tertiary/aromatic N) is 2. The second kappa shape index (κ2) is 8.14. The molecule has 2 aromatic carbocycles. The van der Waals surface area contributed by atoms with Crippen LogP contribution in [0.2, 0.25) is 0 Å². The Balaban J connectivity index is 1.89. The molecule has 26 heavy (non-hydrogen) atoms. The van der Waals surface area contributed by atoms with Gasteiger partial charge in [-0.05, 0) is 55.0 Å². The largest absolute Gasteiger partial charge is 0.489 e. The van der Waals surface area contributed by atoms with Gasteiger partial charge in [-0.3, -0.25) is 4.79 Å². The van der Waals surface area contributed by atoms with E-state index >= 15 is 0 Å². The summed E-state index contributed by atoms with van der Waals surface area (Å²) in [6, 6.07) is 13.1. The first-order valence-electron chi connectivity index (χ1n) is 8.12. The van der Waals surface area contributed by atoms with Crippen molar-refractivity contribution in [2.24, 2.45) is 0 Å². The SMILES string of the molecule is CCCOc1cn(-c2ccc(F)cc2)nc1C(=O)Nc1ccc(Br)cc1. The van der Waals surface area contributed by atoms with Gasteiger partial charge < -0.3 is 10.1 Å². The average Bonchev–Trinajstić information content (AvgIpc) is 3.07. The molecule has 0 aliphatic heterocycles. The van der Waals surface area contributed by atoms with Gasteiger partial charge in [0.2, 0.25) is 0 Å². The highest BCUT2D eigenvalue weighted by molar-refractivity contribution is 9.10. The van der Waals surface area contributed by atoms with Crippen LogP contribution in [0, 0.1) is 5.82 Å². The molecule has 0 fully saturated rings. The standard InChI is InChI=1S/C19H17BrFN3O2/c1-2-11-26-17-12-24(16-9-5-14(21)6-10-16)23-18(17)19(25)22-15-7-3-13(20)4-8-15/h3-10,12H,2,11H2,1H3,(H,22,25). The summed E-state index contributed by atoms with van der Waals surface area (Å²) < 4.78 is 21.2. The molecule has 0 radical (unpaired) electrons. The number of amides is 1. The molecular weight excluding hydrogens is 401 g/mol. The normalized spacial score (nSPS) is 10.6. The molecule has 0 bridgehead atoms. The second-order valence-electron chi connectivity index (χ2n) is 5.57. The zero-order valence-electron chi connectivity index (χ0n) is 14.1. The molecule has 0 atom stereocenters. The van der Waals surface area contributed by atoms with Crippen molar-refractivity contribution in [1.82, 2.24) is 9.78 Å². The average molecular weight is 418 g/mol. The van der Waals surface area contributed by atoms with Gasteiger partial charge in [0.15, 0.2) is 11.4 Å². The molecular formula is C19H17BrFN3O2. The van der Waals surface area contributed by atoms with Crippen LogP contribution in [0.4, 0.5) is 10.1 Å². The van der Waals surface area contributed by atoms with Crippen molar-refractivity contribution in [3.05, 3.63) is 70.7 Å². The Morgan fingerprint density at radius 2 is 1.88 bits per heavy atom. The molecule has 0 saturated carbocycles. The molecule has 0 spiro atoms. The first-order valence-corrected chi connectivity index (χ1v) is 8.91. The molecule has 0 aliphatic carbocycles. The molecule has 7 heteroatoms.